The van der Waals surface area contributed by atoms with Gasteiger partial charge in [0.15, 0.2) is 0 Å². The van der Waals surface area contributed by atoms with Gasteiger partial charge in [-0.25, -0.2) is 14.2 Å². The second-order valence-electron chi connectivity index (χ2n) is 4.46. The minimum atomic E-state index is -1.02. The highest BCUT2D eigenvalue weighted by molar-refractivity contribution is 7.98. The van der Waals surface area contributed by atoms with Crippen molar-refractivity contribution in [2.75, 3.05) is 20.4 Å². The van der Waals surface area contributed by atoms with Gasteiger partial charge in [0.05, 0.1) is 12.7 Å². The van der Waals surface area contributed by atoms with Gasteiger partial charge in [0.2, 0.25) is 0 Å². The van der Waals surface area contributed by atoms with Crippen LogP contribution >= 0.6 is 11.8 Å². The van der Waals surface area contributed by atoms with Gasteiger partial charge in [0.1, 0.15) is 29.8 Å². The molecule has 0 unspecified atom stereocenters. The zero-order valence-electron chi connectivity index (χ0n) is 12.5. The van der Waals surface area contributed by atoms with Crippen LogP contribution in [-0.2, 0) is 5.75 Å². The van der Waals surface area contributed by atoms with E-state index in [1.807, 2.05) is 6.07 Å². The Balaban J connectivity index is 2.18. The Bertz CT molecular complexity index is 681. The first-order valence-electron chi connectivity index (χ1n) is 6.82. The molecule has 0 amide bonds. The largest absolute Gasteiger partial charge is 0.497 e. The third kappa shape index (κ3) is 4.59. The summed E-state index contributed by atoms with van der Waals surface area (Å²) in [6, 6.07) is 8.35. The van der Waals surface area contributed by atoms with E-state index >= 15 is 0 Å². The van der Waals surface area contributed by atoms with Crippen LogP contribution in [0.1, 0.15) is 15.9 Å². The third-order valence-electron chi connectivity index (χ3n) is 2.97. The lowest BCUT2D eigenvalue weighted by molar-refractivity contribution is 0.0692. The first kappa shape index (κ1) is 17.1. The van der Waals surface area contributed by atoms with E-state index in [1.54, 1.807) is 24.4 Å². The molecule has 0 bridgehead atoms. The predicted molar refractivity (Wildman–Crippen MR) is 85.2 cm³/mol. The smallest absolute Gasteiger partial charge is 0.338 e. The molecule has 0 aliphatic carbocycles. The van der Waals surface area contributed by atoms with Gasteiger partial charge in [-0.3, -0.25) is 0 Å². The average molecular weight is 337 g/mol. The van der Waals surface area contributed by atoms with Crippen molar-refractivity contribution in [1.29, 1.82) is 0 Å². The summed E-state index contributed by atoms with van der Waals surface area (Å²) >= 11 is 1.28. The Labute approximate surface area is 137 Å². The summed E-state index contributed by atoms with van der Waals surface area (Å²) in [6.07, 6.45) is 1.54. The fraction of sp³-hybridized carbons (Fsp3) is 0.250. The molecule has 1 heterocycles. The lowest BCUT2D eigenvalue weighted by atomic mass is 10.2. The number of carboxylic acids is 1. The zero-order valence-corrected chi connectivity index (χ0v) is 13.3. The SMILES string of the molecule is COc1ccc(CSc2ncccc2C(=O)O)c(OCCF)c1. The number of ether oxygens (including phenoxy) is 2. The van der Waals surface area contributed by atoms with E-state index in [1.165, 1.54) is 24.9 Å². The zero-order chi connectivity index (χ0) is 16.7. The van der Waals surface area contributed by atoms with Crippen LogP contribution in [0.3, 0.4) is 0 Å². The van der Waals surface area contributed by atoms with Crippen LogP contribution in [0.5, 0.6) is 11.5 Å². The number of halogens is 1. The number of carbonyl (C=O) groups is 1. The molecule has 0 atom stereocenters. The average Bonchev–Trinajstić information content (AvgIpc) is 2.58. The van der Waals surface area contributed by atoms with Crippen LogP contribution < -0.4 is 9.47 Å². The second-order valence-corrected chi connectivity index (χ2v) is 5.43. The summed E-state index contributed by atoms with van der Waals surface area (Å²) in [5, 5.41) is 9.59. The molecule has 23 heavy (non-hydrogen) atoms. The van der Waals surface area contributed by atoms with E-state index in [4.69, 9.17) is 14.6 Å². The molecule has 1 aromatic carbocycles. The van der Waals surface area contributed by atoms with Crippen molar-refractivity contribution in [3.63, 3.8) is 0 Å². The number of aromatic nitrogens is 1. The number of hydrogen-bond acceptors (Lipinski definition) is 5. The van der Waals surface area contributed by atoms with E-state index < -0.39 is 12.6 Å². The van der Waals surface area contributed by atoms with Gasteiger partial charge in [-0.05, 0) is 18.2 Å². The predicted octanol–water partition coefficient (Wildman–Crippen LogP) is 3.43. The monoisotopic (exact) mass is 337 g/mol. The van der Waals surface area contributed by atoms with Crippen LogP contribution in [0.15, 0.2) is 41.6 Å². The van der Waals surface area contributed by atoms with Crippen molar-refractivity contribution in [3.8, 4) is 11.5 Å². The second kappa shape index (κ2) is 8.38. The Kier molecular flexibility index (Phi) is 6.22. The molecular formula is C16H16FNO4S. The highest BCUT2D eigenvalue weighted by atomic mass is 32.2. The molecule has 0 radical (unpaired) electrons. The van der Waals surface area contributed by atoms with Gasteiger partial charge >= 0.3 is 5.97 Å². The molecule has 0 aliphatic rings. The number of rotatable bonds is 8. The number of thioether (sulfide) groups is 1. The van der Waals surface area contributed by atoms with Crippen LogP contribution in [0.25, 0.3) is 0 Å². The maximum Gasteiger partial charge on any atom is 0.338 e. The maximum absolute atomic E-state index is 12.3. The van der Waals surface area contributed by atoms with Crippen molar-refractivity contribution in [1.82, 2.24) is 4.98 Å². The van der Waals surface area contributed by atoms with E-state index in [9.17, 15) is 9.18 Å². The van der Waals surface area contributed by atoms with Crippen LogP contribution in [0.2, 0.25) is 0 Å². The Morgan fingerprint density at radius 2 is 2.22 bits per heavy atom. The number of nitrogens with zero attached hydrogens (tertiary/aromatic N) is 1. The van der Waals surface area contributed by atoms with E-state index in [2.05, 4.69) is 4.98 Å². The summed E-state index contributed by atoms with van der Waals surface area (Å²) < 4.78 is 22.9. The van der Waals surface area contributed by atoms with Crippen LogP contribution in [0, 0.1) is 0 Å². The first-order valence-corrected chi connectivity index (χ1v) is 7.81. The van der Waals surface area contributed by atoms with Crippen molar-refractivity contribution in [2.24, 2.45) is 0 Å². The van der Waals surface area contributed by atoms with Crippen LogP contribution in [0.4, 0.5) is 4.39 Å². The molecule has 122 valence electrons. The summed E-state index contributed by atoms with van der Waals surface area (Å²) in [6.45, 7) is -0.637. The Morgan fingerprint density at radius 3 is 2.91 bits per heavy atom. The van der Waals surface area contributed by atoms with Gasteiger partial charge in [-0.1, -0.05) is 6.07 Å². The summed E-state index contributed by atoms with van der Waals surface area (Å²) in [5.74, 6) is 0.548. The Morgan fingerprint density at radius 1 is 1.39 bits per heavy atom. The van der Waals surface area contributed by atoms with Gasteiger partial charge in [0, 0.05) is 23.6 Å². The molecule has 0 saturated carbocycles. The van der Waals surface area contributed by atoms with Gasteiger partial charge < -0.3 is 14.6 Å². The number of alkyl halides is 1. The lowest BCUT2D eigenvalue weighted by Crippen LogP contribution is -2.03. The molecule has 0 spiro atoms. The third-order valence-corrected chi connectivity index (χ3v) is 4.03. The minimum Gasteiger partial charge on any atom is -0.497 e. The molecule has 2 rings (SSSR count). The molecule has 1 N–H and O–H groups in total. The highest BCUT2D eigenvalue weighted by Crippen LogP contribution is 2.31. The first-order chi connectivity index (χ1) is 11.2. The van der Waals surface area contributed by atoms with Gasteiger partial charge in [-0.2, -0.15) is 0 Å². The van der Waals surface area contributed by atoms with Crippen LogP contribution in [-0.4, -0.2) is 36.5 Å². The minimum absolute atomic E-state index is 0.0468. The molecule has 0 aliphatic heterocycles. The lowest BCUT2D eigenvalue weighted by Gasteiger charge is -2.12. The summed E-state index contributed by atoms with van der Waals surface area (Å²) in [7, 11) is 1.54. The summed E-state index contributed by atoms with van der Waals surface area (Å²) in [5.41, 5.74) is 0.962. The number of carboxylic acid groups (broad SMARTS) is 1. The van der Waals surface area contributed by atoms with E-state index in [0.29, 0.717) is 22.3 Å². The molecular weight excluding hydrogens is 321 g/mol. The van der Waals surface area contributed by atoms with Crippen molar-refractivity contribution < 1.29 is 23.8 Å². The standard InChI is InChI=1S/C16H16FNO4S/c1-21-12-5-4-11(14(9-12)22-8-6-17)10-23-15-13(16(19)20)3-2-7-18-15/h2-5,7,9H,6,8,10H2,1H3,(H,19,20). The highest BCUT2D eigenvalue weighted by Gasteiger charge is 2.13. The molecule has 1 aromatic heterocycles. The van der Waals surface area contributed by atoms with Crippen molar-refractivity contribution >= 4 is 17.7 Å². The number of pyridine rings is 1. The van der Waals surface area contributed by atoms with Crippen molar-refractivity contribution in [2.45, 2.75) is 10.8 Å². The van der Waals surface area contributed by atoms with Gasteiger partial charge in [0.25, 0.3) is 0 Å². The fourth-order valence-electron chi connectivity index (χ4n) is 1.88. The Hall–Kier alpha value is -2.28. The molecule has 0 saturated heterocycles. The molecule has 5 nitrogen and oxygen atoms in total. The molecule has 7 heteroatoms. The van der Waals surface area contributed by atoms with Crippen molar-refractivity contribution in [3.05, 3.63) is 47.7 Å². The molecule has 0 fully saturated rings. The maximum atomic E-state index is 12.3. The normalized spacial score (nSPS) is 10.3. The molecule has 2 aromatic rings. The van der Waals surface area contributed by atoms with Gasteiger partial charge in [-0.15, -0.1) is 11.8 Å². The van der Waals surface area contributed by atoms with E-state index in [-0.39, 0.29) is 12.2 Å². The number of benzene rings is 1. The summed E-state index contributed by atoms with van der Waals surface area (Å²) in [4.78, 5) is 15.3. The number of aromatic carboxylic acids is 1. The van der Waals surface area contributed by atoms with E-state index in [0.717, 1.165) is 5.56 Å². The number of hydrogen-bond donors (Lipinski definition) is 1. The topological polar surface area (TPSA) is 68.7 Å². The number of methoxy groups -OCH3 is 1. The quantitative estimate of drug-likeness (QED) is 0.744. The fourth-order valence-corrected chi connectivity index (χ4v) is 2.86.